The van der Waals surface area contributed by atoms with Crippen LogP contribution in [0.25, 0.3) is 0 Å². The zero-order chi connectivity index (χ0) is 16.8. The van der Waals surface area contributed by atoms with Crippen molar-refractivity contribution in [2.75, 3.05) is 6.61 Å². The van der Waals surface area contributed by atoms with Crippen molar-refractivity contribution in [2.45, 2.75) is 19.5 Å². The van der Waals surface area contributed by atoms with Crippen molar-refractivity contribution >= 4 is 37.8 Å². The summed E-state index contributed by atoms with van der Waals surface area (Å²) in [6, 6.07) is 12.8. The summed E-state index contributed by atoms with van der Waals surface area (Å²) in [5, 5.41) is 3.20. The molecule has 0 fully saturated rings. The summed E-state index contributed by atoms with van der Waals surface area (Å²) in [7, 11) is 0. The van der Waals surface area contributed by atoms with Gasteiger partial charge in [-0.05, 0) is 62.0 Å². The van der Waals surface area contributed by atoms with E-state index < -0.39 is 11.9 Å². The number of carbonyl (C=O) groups excluding carboxylic acids is 1. The van der Waals surface area contributed by atoms with E-state index in [1.165, 1.54) is 0 Å². The number of primary amides is 1. The molecule has 0 radical (unpaired) electrons. The minimum Gasteiger partial charge on any atom is -0.492 e. The number of hydrogen-bond acceptors (Lipinski definition) is 3. The van der Waals surface area contributed by atoms with Crippen LogP contribution in [0, 0.1) is 0 Å². The molecule has 0 aliphatic rings. The highest BCUT2D eigenvalue weighted by atomic mass is 79.9. The Kier molecular flexibility index (Phi) is 6.62. The predicted molar refractivity (Wildman–Crippen MR) is 98.2 cm³/mol. The molecule has 0 saturated heterocycles. The van der Waals surface area contributed by atoms with Gasteiger partial charge in [0.1, 0.15) is 11.8 Å². The molecule has 2 aromatic carbocycles. The third kappa shape index (κ3) is 4.80. The van der Waals surface area contributed by atoms with Gasteiger partial charge in [-0.3, -0.25) is 10.1 Å². The van der Waals surface area contributed by atoms with E-state index in [4.69, 9.17) is 10.5 Å². The molecule has 23 heavy (non-hydrogen) atoms. The number of nitrogens with two attached hydrogens (primary N) is 1. The van der Waals surface area contributed by atoms with Crippen LogP contribution < -0.4 is 15.8 Å². The molecular formula is C17H18Br2N2O2. The second-order valence-electron chi connectivity index (χ2n) is 4.95. The Hall–Kier alpha value is -1.37. The van der Waals surface area contributed by atoms with Crippen molar-refractivity contribution in [1.82, 2.24) is 5.32 Å². The first kappa shape index (κ1) is 18.0. The third-order valence-corrected chi connectivity index (χ3v) is 4.45. The van der Waals surface area contributed by atoms with E-state index in [-0.39, 0.29) is 0 Å². The molecular weight excluding hydrogens is 424 g/mol. The topological polar surface area (TPSA) is 64.3 Å². The molecule has 6 heteroatoms. The highest BCUT2D eigenvalue weighted by molar-refractivity contribution is 9.11. The fourth-order valence-corrected chi connectivity index (χ4v) is 3.75. The molecule has 0 spiro atoms. The Bertz CT molecular complexity index is 655. The fourth-order valence-electron chi connectivity index (χ4n) is 2.24. The second-order valence-corrected chi connectivity index (χ2v) is 6.66. The highest BCUT2D eigenvalue weighted by Gasteiger charge is 2.17. The van der Waals surface area contributed by atoms with Gasteiger partial charge in [-0.25, -0.2) is 0 Å². The molecule has 2 aromatic rings. The molecule has 0 heterocycles. The van der Waals surface area contributed by atoms with Crippen molar-refractivity contribution < 1.29 is 9.53 Å². The number of benzene rings is 2. The molecule has 2 rings (SSSR count). The molecule has 0 bridgehead atoms. The van der Waals surface area contributed by atoms with Crippen molar-refractivity contribution in [1.29, 1.82) is 0 Å². The maximum absolute atomic E-state index is 11.7. The smallest absolute Gasteiger partial charge is 0.239 e. The summed E-state index contributed by atoms with van der Waals surface area (Å²) in [5.41, 5.74) is 7.38. The fraction of sp³-hybridized carbons (Fsp3) is 0.235. The molecule has 0 saturated carbocycles. The molecule has 0 aliphatic carbocycles. The van der Waals surface area contributed by atoms with Crippen molar-refractivity contribution in [2.24, 2.45) is 5.73 Å². The monoisotopic (exact) mass is 440 g/mol. The largest absolute Gasteiger partial charge is 0.492 e. The Morgan fingerprint density at radius 3 is 2.35 bits per heavy atom. The van der Waals surface area contributed by atoms with Crippen molar-refractivity contribution in [3.8, 4) is 5.75 Å². The molecule has 1 amide bonds. The standard InChI is InChI=1S/C17H18Br2N2O2/c1-2-23-16-13(18)8-11(9-14(16)19)10-21-15(17(20)22)12-6-4-3-5-7-12/h3-9,15,21H,2,10H2,1H3,(H2,20,22)/t15-/m1/s1. The van der Waals surface area contributed by atoms with Crippen LogP contribution in [0.5, 0.6) is 5.75 Å². The Morgan fingerprint density at radius 2 is 1.83 bits per heavy atom. The number of ether oxygens (including phenoxy) is 1. The normalized spacial score (nSPS) is 12.0. The first-order valence-corrected chi connectivity index (χ1v) is 8.80. The summed E-state index contributed by atoms with van der Waals surface area (Å²) < 4.78 is 7.29. The van der Waals surface area contributed by atoms with E-state index in [1.54, 1.807) is 0 Å². The van der Waals surface area contributed by atoms with Crippen molar-refractivity contribution in [3.63, 3.8) is 0 Å². The number of rotatable bonds is 7. The molecule has 3 N–H and O–H groups in total. The lowest BCUT2D eigenvalue weighted by Gasteiger charge is -2.17. The van der Waals surface area contributed by atoms with Crippen LogP contribution in [0.3, 0.4) is 0 Å². The minimum atomic E-state index is -0.527. The van der Waals surface area contributed by atoms with Gasteiger partial charge in [-0.2, -0.15) is 0 Å². The third-order valence-electron chi connectivity index (χ3n) is 3.27. The SMILES string of the molecule is CCOc1c(Br)cc(CN[C@@H](C(N)=O)c2ccccc2)cc1Br. The summed E-state index contributed by atoms with van der Waals surface area (Å²) in [6.07, 6.45) is 0. The van der Waals surface area contributed by atoms with Crippen LogP contribution in [-0.4, -0.2) is 12.5 Å². The average Bonchev–Trinajstić information content (AvgIpc) is 2.52. The molecule has 1 atom stereocenters. The van der Waals surface area contributed by atoms with Gasteiger partial charge in [0.2, 0.25) is 5.91 Å². The van der Waals surface area contributed by atoms with Gasteiger partial charge < -0.3 is 10.5 Å². The molecule has 4 nitrogen and oxygen atoms in total. The maximum Gasteiger partial charge on any atom is 0.239 e. The van der Waals surface area contributed by atoms with Crippen LogP contribution in [0.1, 0.15) is 24.1 Å². The first-order chi connectivity index (χ1) is 11.0. The Labute approximate surface area is 152 Å². The Morgan fingerprint density at radius 1 is 1.22 bits per heavy atom. The van der Waals surface area contributed by atoms with E-state index in [2.05, 4.69) is 37.2 Å². The van der Waals surface area contributed by atoms with Gasteiger partial charge in [-0.1, -0.05) is 30.3 Å². The summed E-state index contributed by atoms with van der Waals surface area (Å²) in [5.74, 6) is 0.367. The zero-order valence-electron chi connectivity index (χ0n) is 12.7. The second kappa shape index (κ2) is 8.47. The molecule has 0 aliphatic heterocycles. The van der Waals surface area contributed by atoms with Gasteiger partial charge >= 0.3 is 0 Å². The van der Waals surface area contributed by atoms with E-state index >= 15 is 0 Å². The van der Waals surface area contributed by atoms with E-state index in [9.17, 15) is 4.79 Å². The van der Waals surface area contributed by atoms with E-state index in [0.717, 1.165) is 25.8 Å². The van der Waals surface area contributed by atoms with E-state index in [0.29, 0.717) is 13.2 Å². The average molecular weight is 442 g/mol. The zero-order valence-corrected chi connectivity index (χ0v) is 15.9. The van der Waals surface area contributed by atoms with Crippen LogP contribution >= 0.6 is 31.9 Å². The van der Waals surface area contributed by atoms with Gasteiger partial charge in [0, 0.05) is 6.54 Å². The van der Waals surface area contributed by atoms with Crippen LogP contribution in [0.4, 0.5) is 0 Å². The van der Waals surface area contributed by atoms with Gasteiger partial charge in [0.25, 0.3) is 0 Å². The molecule has 0 aromatic heterocycles. The Balaban J connectivity index is 2.14. The number of nitrogens with one attached hydrogen (secondary N) is 1. The van der Waals surface area contributed by atoms with Gasteiger partial charge in [-0.15, -0.1) is 0 Å². The summed E-state index contributed by atoms with van der Waals surface area (Å²) in [4.78, 5) is 11.7. The predicted octanol–water partition coefficient (Wildman–Crippen LogP) is 3.93. The quantitative estimate of drug-likeness (QED) is 0.684. The number of carbonyl (C=O) groups is 1. The lowest BCUT2D eigenvalue weighted by molar-refractivity contribution is -0.120. The van der Waals surface area contributed by atoms with Gasteiger partial charge in [0.05, 0.1) is 15.6 Å². The minimum absolute atomic E-state index is 0.403. The van der Waals surface area contributed by atoms with Gasteiger partial charge in [0.15, 0.2) is 0 Å². The lowest BCUT2D eigenvalue weighted by Crippen LogP contribution is -2.33. The lowest BCUT2D eigenvalue weighted by atomic mass is 10.1. The number of halogens is 2. The van der Waals surface area contributed by atoms with Crippen molar-refractivity contribution in [3.05, 3.63) is 62.5 Å². The first-order valence-electron chi connectivity index (χ1n) is 7.21. The number of amides is 1. The molecule has 122 valence electrons. The molecule has 0 unspecified atom stereocenters. The maximum atomic E-state index is 11.7. The van der Waals surface area contributed by atoms with Crippen LogP contribution in [0.15, 0.2) is 51.4 Å². The van der Waals surface area contributed by atoms with E-state index in [1.807, 2.05) is 49.4 Å². The summed E-state index contributed by atoms with van der Waals surface area (Å²) in [6.45, 7) is 3.03. The number of hydrogen-bond donors (Lipinski definition) is 2. The summed E-state index contributed by atoms with van der Waals surface area (Å²) >= 11 is 7.01. The van der Waals surface area contributed by atoms with Crippen LogP contribution in [-0.2, 0) is 11.3 Å². The van der Waals surface area contributed by atoms with Crippen LogP contribution in [0.2, 0.25) is 0 Å². The highest BCUT2D eigenvalue weighted by Crippen LogP contribution is 2.34.